The van der Waals surface area contributed by atoms with Gasteiger partial charge in [0.2, 0.25) is 0 Å². The molecule has 0 saturated heterocycles. The van der Waals surface area contributed by atoms with E-state index in [1.54, 1.807) is 0 Å². The molecular formula is C21H23N. The second kappa shape index (κ2) is 5.49. The van der Waals surface area contributed by atoms with Crippen LogP contribution in [-0.4, -0.2) is 4.57 Å². The molecule has 1 aromatic heterocycles. The molecule has 22 heavy (non-hydrogen) atoms. The molecule has 3 aromatic rings. The molecule has 1 atom stereocenters. The predicted octanol–water partition coefficient (Wildman–Crippen LogP) is 6.27. The van der Waals surface area contributed by atoms with Crippen molar-refractivity contribution in [2.24, 2.45) is 0 Å². The van der Waals surface area contributed by atoms with Gasteiger partial charge in [0.25, 0.3) is 0 Å². The van der Waals surface area contributed by atoms with Crippen molar-refractivity contribution >= 4 is 27.5 Å². The minimum Gasteiger partial charge on any atom is -0.314 e. The Morgan fingerprint density at radius 3 is 2.59 bits per heavy atom. The minimum absolute atomic E-state index is 0.448. The van der Waals surface area contributed by atoms with Gasteiger partial charge in [-0.15, -0.1) is 6.58 Å². The molecule has 2 aromatic carbocycles. The Morgan fingerprint density at radius 2 is 1.91 bits per heavy atom. The van der Waals surface area contributed by atoms with Gasteiger partial charge in [-0.25, -0.2) is 0 Å². The lowest BCUT2D eigenvalue weighted by atomic mass is 9.91. The van der Waals surface area contributed by atoms with E-state index in [0.29, 0.717) is 5.92 Å². The lowest BCUT2D eigenvalue weighted by Gasteiger charge is -2.17. The third kappa shape index (κ3) is 2.09. The Balaban J connectivity index is 2.52. The summed E-state index contributed by atoms with van der Waals surface area (Å²) in [6.45, 7) is 14.7. The normalized spacial score (nSPS) is 12.7. The zero-order valence-electron chi connectivity index (χ0n) is 13.7. The zero-order valence-corrected chi connectivity index (χ0v) is 13.7. The molecule has 0 spiro atoms. The number of allylic oxidation sites excluding steroid dienone is 2. The highest BCUT2D eigenvalue weighted by atomic mass is 15.0. The minimum atomic E-state index is 0.448. The van der Waals surface area contributed by atoms with Crippen molar-refractivity contribution in [1.29, 1.82) is 0 Å². The molecule has 3 rings (SSSR count). The molecule has 112 valence electrons. The van der Waals surface area contributed by atoms with E-state index in [9.17, 15) is 0 Å². The molecule has 1 nitrogen and oxygen atoms in total. The smallest absolute Gasteiger partial charge is 0.0574 e. The average Bonchev–Trinajstić information content (AvgIpc) is 2.81. The van der Waals surface area contributed by atoms with Gasteiger partial charge in [-0.2, -0.15) is 0 Å². The summed E-state index contributed by atoms with van der Waals surface area (Å²) in [7, 11) is 0. The van der Waals surface area contributed by atoms with Crippen molar-refractivity contribution in [3.8, 4) is 0 Å². The summed E-state index contributed by atoms with van der Waals surface area (Å²) >= 11 is 0. The topological polar surface area (TPSA) is 4.93 Å². The Kier molecular flexibility index (Phi) is 3.66. The quantitative estimate of drug-likeness (QED) is 0.499. The van der Waals surface area contributed by atoms with Crippen molar-refractivity contribution in [2.75, 3.05) is 0 Å². The van der Waals surface area contributed by atoms with Gasteiger partial charge in [0.1, 0.15) is 0 Å². The van der Waals surface area contributed by atoms with Crippen LogP contribution in [-0.2, 0) is 0 Å². The molecule has 0 radical (unpaired) electrons. The Bertz CT molecular complexity index is 880. The number of aromatic nitrogens is 1. The van der Waals surface area contributed by atoms with Gasteiger partial charge in [0.15, 0.2) is 0 Å². The van der Waals surface area contributed by atoms with Crippen LogP contribution in [0.3, 0.4) is 0 Å². The SMILES string of the molecule is C=CCC(C)c1c(C)ccc2c3ccccc3n(C(=C)C)c12. The third-order valence-electron chi connectivity index (χ3n) is 4.49. The summed E-state index contributed by atoms with van der Waals surface area (Å²) in [5.74, 6) is 0.448. The van der Waals surface area contributed by atoms with E-state index >= 15 is 0 Å². The largest absolute Gasteiger partial charge is 0.314 e. The second-order valence-corrected chi connectivity index (χ2v) is 6.21. The average molecular weight is 289 g/mol. The first-order valence-electron chi connectivity index (χ1n) is 7.85. The van der Waals surface area contributed by atoms with Crippen molar-refractivity contribution in [3.63, 3.8) is 0 Å². The molecule has 0 saturated carbocycles. The predicted molar refractivity (Wildman–Crippen MR) is 98.4 cm³/mol. The number of hydrogen-bond donors (Lipinski definition) is 0. The van der Waals surface area contributed by atoms with Gasteiger partial charge in [-0.3, -0.25) is 0 Å². The molecule has 0 aliphatic heterocycles. The fourth-order valence-corrected chi connectivity index (χ4v) is 3.57. The lowest BCUT2D eigenvalue weighted by Crippen LogP contribution is -2.01. The van der Waals surface area contributed by atoms with E-state index in [1.807, 2.05) is 6.08 Å². The first-order valence-corrected chi connectivity index (χ1v) is 7.85. The van der Waals surface area contributed by atoms with Crippen molar-refractivity contribution in [2.45, 2.75) is 33.1 Å². The van der Waals surface area contributed by atoms with Crippen molar-refractivity contribution < 1.29 is 0 Å². The molecular weight excluding hydrogens is 266 g/mol. The Labute approximate surface area is 132 Å². The summed E-state index contributed by atoms with van der Waals surface area (Å²) < 4.78 is 2.31. The number of benzene rings is 2. The summed E-state index contributed by atoms with van der Waals surface area (Å²) in [6, 6.07) is 13.1. The monoisotopic (exact) mass is 289 g/mol. The zero-order chi connectivity index (χ0) is 15.9. The van der Waals surface area contributed by atoms with E-state index < -0.39 is 0 Å². The fraction of sp³-hybridized carbons (Fsp3) is 0.238. The molecule has 0 aliphatic rings. The van der Waals surface area contributed by atoms with E-state index in [2.05, 4.69) is 74.9 Å². The molecule has 0 bridgehead atoms. The van der Waals surface area contributed by atoms with Crippen LogP contribution in [0, 0.1) is 6.92 Å². The molecule has 0 N–H and O–H groups in total. The first-order chi connectivity index (χ1) is 10.6. The fourth-order valence-electron chi connectivity index (χ4n) is 3.57. The molecule has 1 heterocycles. The molecule has 0 amide bonds. The molecule has 0 aliphatic carbocycles. The Hall–Kier alpha value is -2.28. The van der Waals surface area contributed by atoms with Crippen LogP contribution in [0.25, 0.3) is 27.5 Å². The third-order valence-corrected chi connectivity index (χ3v) is 4.49. The number of para-hydroxylation sites is 1. The van der Waals surface area contributed by atoms with E-state index in [1.165, 1.54) is 32.9 Å². The van der Waals surface area contributed by atoms with E-state index in [0.717, 1.165) is 12.1 Å². The number of nitrogens with zero attached hydrogens (tertiary/aromatic N) is 1. The molecule has 1 unspecified atom stereocenters. The second-order valence-electron chi connectivity index (χ2n) is 6.21. The van der Waals surface area contributed by atoms with Crippen LogP contribution < -0.4 is 0 Å². The highest BCUT2D eigenvalue weighted by Crippen LogP contribution is 2.38. The molecule has 0 fully saturated rings. The lowest BCUT2D eigenvalue weighted by molar-refractivity contribution is 0.779. The Morgan fingerprint density at radius 1 is 1.18 bits per heavy atom. The van der Waals surface area contributed by atoms with Gasteiger partial charge in [-0.1, -0.05) is 49.9 Å². The molecule has 1 heteroatoms. The van der Waals surface area contributed by atoms with Crippen LogP contribution >= 0.6 is 0 Å². The highest BCUT2D eigenvalue weighted by molar-refractivity contribution is 6.11. The maximum absolute atomic E-state index is 4.22. The van der Waals surface area contributed by atoms with E-state index in [4.69, 9.17) is 0 Å². The maximum atomic E-state index is 4.22. The van der Waals surface area contributed by atoms with Crippen LogP contribution in [0.2, 0.25) is 0 Å². The number of fused-ring (bicyclic) bond motifs is 3. The first kappa shape index (κ1) is 14.6. The van der Waals surface area contributed by atoms with Gasteiger partial charge < -0.3 is 4.57 Å². The van der Waals surface area contributed by atoms with Gasteiger partial charge >= 0.3 is 0 Å². The number of aryl methyl sites for hydroxylation is 1. The summed E-state index contributed by atoms with van der Waals surface area (Å²) in [6.07, 6.45) is 2.99. The summed E-state index contributed by atoms with van der Waals surface area (Å²) in [5.41, 5.74) is 6.36. The number of hydrogen-bond acceptors (Lipinski definition) is 0. The van der Waals surface area contributed by atoms with Gasteiger partial charge in [0, 0.05) is 16.5 Å². The van der Waals surface area contributed by atoms with Crippen LogP contribution in [0.4, 0.5) is 0 Å². The summed E-state index contributed by atoms with van der Waals surface area (Å²) in [5, 5.41) is 2.61. The van der Waals surface area contributed by atoms with Crippen molar-refractivity contribution in [3.05, 3.63) is 66.8 Å². The van der Waals surface area contributed by atoms with Crippen LogP contribution in [0.5, 0.6) is 0 Å². The van der Waals surface area contributed by atoms with E-state index in [-0.39, 0.29) is 0 Å². The van der Waals surface area contributed by atoms with Gasteiger partial charge in [0.05, 0.1) is 11.0 Å². The summed E-state index contributed by atoms with van der Waals surface area (Å²) in [4.78, 5) is 0. The van der Waals surface area contributed by atoms with Crippen LogP contribution in [0.15, 0.2) is 55.6 Å². The van der Waals surface area contributed by atoms with Crippen LogP contribution in [0.1, 0.15) is 37.3 Å². The highest BCUT2D eigenvalue weighted by Gasteiger charge is 2.18. The standard InChI is InChI=1S/C21H23N/c1-6-9-15(4)20-16(5)12-13-18-17-10-7-8-11-19(17)22(14(2)3)21(18)20/h6-8,10-13,15H,1-2,9H2,3-5H3. The maximum Gasteiger partial charge on any atom is 0.0574 e. The number of rotatable bonds is 4. The van der Waals surface area contributed by atoms with Crippen molar-refractivity contribution in [1.82, 2.24) is 4.57 Å². The van der Waals surface area contributed by atoms with Gasteiger partial charge in [-0.05, 0) is 43.4 Å².